The van der Waals surface area contributed by atoms with Crippen molar-refractivity contribution < 1.29 is 9.59 Å². The fourth-order valence-corrected chi connectivity index (χ4v) is 4.76. The number of hydrogen-bond donors (Lipinski definition) is 3. The van der Waals surface area contributed by atoms with Crippen LogP contribution in [0.2, 0.25) is 5.02 Å². The van der Waals surface area contributed by atoms with E-state index in [4.69, 9.17) is 23.1 Å². The number of piperidine rings is 1. The molecule has 10 heteroatoms. The number of benzene rings is 2. The highest BCUT2D eigenvalue weighted by Gasteiger charge is 2.27. The molecule has 0 unspecified atom stereocenters. The summed E-state index contributed by atoms with van der Waals surface area (Å²) in [7, 11) is 0. The second kappa shape index (κ2) is 10.2. The average molecular weight is 511 g/mol. The number of Topliss-reactive ketones (excluding diaryl/α,β-unsaturated/α-hetero) is 1. The number of nitrogens with two attached hydrogens (primary N) is 2. The molecule has 182 valence electrons. The summed E-state index contributed by atoms with van der Waals surface area (Å²) < 4.78 is 0. The maximum atomic E-state index is 12.5. The van der Waals surface area contributed by atoms with Gasteiger partial charge in [-0.1, -0.05) is 59.3 Å². The zero-order valence-corrected chi connectivity index (χ0v) is 21.1. The molecule has 3 aromatic rings. The van der Waals surface area contributed by atoms with Gasteiger partial charge in [0.1, 0.15) is 10.8 Å². The maximum Gasteiger partial charge on any atom is 0.296 e. The Hall–Kier alpha value is -3.14. The van der Waals surface area contributed by atoms with Gasteiger partial charge < -0.3 is 21.7 Å². The Morgan fingerprint density at radius 2 is 1.83 bits per heavy atom. The topological polar surface area (TPSA) is 127 Å². The van der Waals surface area contributed by atoms with Crippen molar-refractivity contribution in [3.05, 3.63) is 64.8 Å². The first kappa shape index (κ1) is 25.0. The van der Waals surface area contributed by atoms with E-state index in [1.165, 1.54) is 11.8 Å². The third-order valence-electron chi connectivity index (χ3n) is 5.92. The van der Waals surface area contributed by atoms with E-state index in [0.29, 0.717) is 27.0 Å². The number of ketones is 1. The quantitative estimate of drug-likeness (QED) is 0.330. The Morgan fingerprint density at radius 1 is 1.14 bits per heavy atom. The van der Waals surface area contributed by atoms with Crippen LogP contribution in [-0.2, 0) is 4.79 Å². The SMILES string of the molecule is Cc1ccc(C(=O)C(=O)Nc2cccc(Sc3ncc(N4CCC(C)(N)CC4)nc3N)c2Cl)cc1. The third-order valence-corrected chi connectivity index (χ3v) is 7.51. The van der Waals surface area contributed by atoms with Crippen LogP contribution in [0.3, 0.4) is 0 Å². The molecule has 0 bridgehead atoms. The smallest absolute Gasteiger partial charge is 0.296 e. The van der Waals surface area contributed by atoms with E-state index in [2.05, 4.69) is 27.1 Å². The molecule has 4 rings (SSSR count). The first-order valence-electron chi connectivity index (χ1n) is 11.2. The molecule has 35 heavy (non-hydrogen) atoms. The molecule has 5 N–H and O–H groups in total. The zero-order valence-electron chi connectivity index (χ0n) is 19.5. The van der Waals surface area contributed by atoms with Crippen molar-refractivity contribution >= 4 is 52.4 Å². The first-order valence-corrected chi connectivity index (χ1v) is 12.4. The molecule has 2 aromatic carbocycles. The zero-order chi connectivity index (χ0) is 25.2. The van der Waals surface area contributed by atoms with Gasteiger partial charge in [-0.2, -0.15) is 0 Å². The van der Waals surface area contributed by atoms with Gasteiger partial charge in [0.15, 0.2) is 5.82 Å². The van der Waals surface area contributed by atoms with Crippen LogP contribution in [0.15, 0.2) is 58.6 Å². The molecular formula is C25H27ClN6O2S. The van der Waals surface area contributed by atoms with Crippen molar-refractivity contribution in [1.29, 1.82) is 0 Å². The summed E-state index contributed by atoms with van der Waals surface area (Å²) in [6, 6.07) is 11.9. The van der Waals surface area contributed by atoms with Gasteiger partial charge in [-0.25, -0.2) is 9.97 Å². The lowest BCUT2D eigenvalue weighted by Gasteiger charge is -2.37. The first-order chi connectivity index (χ1) is 16.6. The highest BCUT2D eigenvalue weighted by Crippen LogP contribution is 2.38. The second-order valence-electron chi connectivity index (χ2n) is 8.93. The van der Waals surface area contributed by atoms with Gasteiger partial charge in [0.2, 0.25) is 0 Å². The van der Waals surface area contributed by atoms with Crippen molar-refractivity contribution in [2.45, 2.75) is 42.1 Å². The number of carbonyl (C=O) groups excluding carboxylic acids is 2. The Labute approximate surface area is 213 Å². The molecule has 1 amide bonds. The Kier molecular flexibility index (Phi) is 7.30. The number of nitrogens with zero attached hydrogens (tertiary/aromatic N) is 3. The molecule has 1 fully saturated rings. The van der Waals surface area contributed by atoms with Gasteiger partial charge in [-0.15, -0.1) is 0 Å². The van der Waals surface area contributed by atoms with Crippen molar-refractivity contribution in [3.63, 3.8) is 0 Å². The van der Waals surface area contributed by atoms with Crippen LogP contribution in [0.5, 0.6) is 0 Å². The van der Waals surface area contributed by atoms with E-state index >= 15 is 0 Å². The molecule has 0 spiro atoms. The molecule has 0 atom stereocenters. The summed E-state index contributed by atoms with van der Waals surface area (Å²) in [6.07, 6.45) is 3.43. The number of nitrogen functional groups attached to an aromatic ring is 1. The van der Waals surface area contributed by atoms with E-state index in [0.717, 1.165) is 31.5 Å². The van der Waals surface area contributed by atoms with E-state index in [-0.39, 0.29) is 16.4 Å². The van der Waals surface area contributed by atoms with Crippen molar-refractivity contribution in [2.75, 3.05) is 29.0 Å². The number of aryl methyl sites for hydroxylation is 1. The minimum absolute atomic E-state index is 0.160. The largest absolute Gasteiger partial charge is 0.381 e. The summed E-state index contributed by atoms with van der Waals surface area (Å²) in [5, 5.41) is 3.38. The molecule has 0 aliphatic carbocycles. The van der Waals surface area contributed by atoms with Crippen LogP contribution in [0, 0.1) is 6.92 Å². The van der Waals surface area contributed by atoms with Crippen LogP contribution in [-0.4, -0.2) is 40.3 Å². The van der Waals surface area contributed by atoms with Gasteiger partial charge in [-0.05, 0) is 38.8 Å². The van der Waals surface area contributed by atoms with E-state index < -0.39 is 11.7 Å². The minimum Gasteiger partial charge on any atom is -0.381 e. The second-order valence-corrected chi connectivity index (χ2v) is 10.3. The number of halogens is 1. The number of aromatic nitrogens is 2. The summed E-state index contributed by atoms with van der Waals surface area (Å²) in [4.78, 5) is 36.8. The minimum atomic E-state index is -0.767. The molecule has 1 aliphatic heterocycles. The number of carbonyl (C=O) groups is 2. The Morgan fingerprint density at radius 3 is 2.49 bits per heavy atom. The fourth-order valence-electron chi connectivity index (χ4n) is 3.67. The molecule has 2 heterocycles. The normalized spacial score (nSPS) is 15.0. The van der Waals surface area contributed by atoms with Crippen LogP contribution in [0.25, 0.3) is 0 Å². The lowest BCUT2D eigenvalue weighted by Crippen LogP contribution is -2.48. The van der Waals surface area contributed by atoms with E-state index in [9.17, 15) is 9.59 Å². The summed E-state index contributed by atoms with van der Waals surface area (Å²) in [6.45, 7) is 5.56. The number of nitrogens with one attached hydrogen (secondary N) is 1. The number of rotatable bonds is 6. The monoisotopic (exact) mass is 510 g/mol. The molecule has 1 saturated heterocycles. The van der Waals surface area contributed by atoms with E-state index in [1.807, 2.05) is 6.92 Å². The molecule has 1 aliphatic rings. The molecule has 0 saturated carbocycles. The van der Waals surface area contributed by atoms with Crippen molar-refractivity contribution in [2.24, 2.45) is 5.73 Å². The van der Waals surface area contributed by atoms with Crippen molar-refractivity contribution in [3.8, 4) is 0 Å². The summed E-state index contributed by atoms with van der Waals surface area (Å²) in [5.41, 5.74) is 13.9. The van der Waals surface area contributed by atoms with Gasteiger partial charge in [0.25, 0.3) is 11.7 Å². The fraction of sp³-hybridized carbons (Fsp3) is 0.280. The Balaban J connectivity index is 1.46. The van der Waals surface area contributed by atoms with Crippen LogP contribution >= 0.6 is 23.4 Å². The van der Waals surface area contributed by atoms with Crippen LogP contribution < -0.4 is 21.7 Å². The molecular weight excluding hydrogens is 484 g/mol. The predicted molar refractivity (Wildman–Crippen MR) is 140 cm³/mol. The summed E-state index contributed by atoms with van der Waals surface area (Å²) in [5.74, 6) is -0.410. The third kappa shape index (κ3) is 5.93. The highest BCUT2D eigenvalue weighted by atomic mass is 35.5. The number of anilines is 3. The van der Waals surface area contributed by atoms with Gasteiger partial charge in [0, 0.05) is 29.1 Å². The average Bonchev–Trinajstić information content (AvgIpc) is 2.83. The maximum absolute atomic E-state index is 12.5. The molecule has 8 nitrogen and oxygen atoms in total. The van der Waals surface area contributed by atoms with Gasteiger partial charge in [-0.3, -0.25) is 9.59 Å². The van der Waals surface area contributed by atoms with Gasteiger partial charge >= 0.3 is 0 Å². The lowest BCUT2D eigenvalue weighted by molar-refractivity contribution is -0.112. The molecule has 0 radical (unpaired) electrons. The highest BCUT2D eigenvalue weighted by molar-refractivity contribution is 7.99. The number of hydrogen-bond acceptors (Lipinski definition) is 8. The van der Waals surface area contributed by atoms with Crippen molar-refractivity contribution in [1.82, 2.24) is 9.97 Å². The Bertz CT molecular complexity index is 1260. The molecule has 1 aromatic heterocycles. The van der Waals surface area contributed by atoms with E-state index in [1.54, 1.807) is 48.7 Å². The predicted octanol–water partition coefficient (Wildman–Crippen LogP) is 4.31. The number of amides is 1. The van der Waals surface area contributed by atoms with Crippen LogP contribution in [0.4, 0.5) is 17.3 Å². The standard InChI is InChI=1S/C25H27ClN6O2S/c1-15-6-8-16(9-7-15)21(33)23(34)30-17-4-3-5-18(20(17)26)35-24-22(27)31-19(14-29-24)32-12-10-25(2,28)11-13-32/h3-9,14H,10-13,28H2,1-2H3,(H2,27,31)(H,30,34). The van der Waals surface area contributed by atoms with Gasteiger partial charge in [0.05, 0.1) is 16.9 Å². The summed E-state index contributed by atoms with van der Waals surface area (Å²) >= 11 is 7.79. The van der Waals surface area contributed by atoms with Crippen LogP contribution in [0.1, 0.15) is 35.7 Å². The lowest BCUT2D eigenvalue weighted by atomic mass is 9.91.